The molecule has 102 valence electrons. The number of alkyl halides is 3. The van der Waals surface area contributed by atoms with E-state index < -0.39 is 24.5 Å². The molecule has 0 fully saturated rings. The minimum atomic E-state index is -4.32. The number of hydrogen-bond donors (Lipinski definition) is 2. The van der Waals surface area contributed by atoms with Crippen molar-refractivity contribution in [2.24, 2.45) is 0 Å². The molecular formula is C10H15F3N4O. The van der Waals surface area contributed by atoms with E-state index in [2.05, 4.69) is 10.4 Å². The third-order valence-corrected chi connectivity index (χ3v) is 2.24. The standard InChI is InChI=1S/C10H15F3N4O/c1-3-17-5-7(14)8(16-17)9(18)15-6(2)4-10(11,12)13/h5-6H,3-4,14H2,1-2H3,(H,15,18). The number of carbonyl (C=O) groups is 1. The van der Waals surface area contributed by atoms with E-state index in [1.54, 1.807) is 6.92 Å². The number of nitrogens with zero attached hydrogens (tertiary/aromatic N) is 2. The van der Waals surface area contributed by atoms with Gasteiger partial charge in [-0.3, -0.25) is 9.48 Å². The summed E-state index contributed by atoms with van der Waals surface area (Å²) in [6.45, 7) is 3.61. The number of aryl methyl sites for hydroxylation is 1. The summed E-state index contributed by atoms with van der Waals surface area (Å²) in [6, 6.07) is -1.02. The number of aromatic nitrogens is 2. The zero-order chi connectivity index (χ0) is 13.9. The number of amides is 1. The van der Waals surface area contributed by atoms with E-state index in [4.69, 9.17) is 5.73 Å². The molecule has 0 aromatic carbocycles. The first kappa shape index (κ1) is 14.3. The lowest BCUT2D eigenvalue weighted by atomic mass is 10.2. The molecule has 0 radical (unpaired) electrons. The third-order valence-electron chi connectivity index (χ3n) is 2.24. The summed E-state index contributed by atoms with van der Waals surface area (Å²) < 4.78 is 37.7. The van der Waals surface area contributed by atoms with Crippen molar-refractivity contribution in [3.05, 3.63) is 11.9 Å². The first-order valence-electron chi connectivity index (χ1n) is 5.43. The molecule has 0 aliphatic heterocycles. The zero-order valence-corrected chi connectivity index (χ0v) is 10.1. The Hall–Kier alpha value is -1.73. The van der Waals surface area contributed by atoms with Gasteiger partial charge in [0.15, 0.2) is 5.69 Å². The molecule has 1 amide bonds. The van der Waals surface area contributed by atoms with Gasteiger partial charge in [-0.1, -0.05) is 0 Å². The van der Waals surface area contributed by atoms with Crippen molar-refractivity contribution in [3.63, 3.8) is 0 Å². The maximum Gasteiger partial charge on any atom is 0.391 e. The number of anilines is 1. The number of halogens is 3. The normalized spacial score (nSPS) is 13.4. The van der Waals surface area contributed by atoms with Gasteiger partial charge in [0.05, 0.1) is 12.1 Å². The Kier molecular flexibility index (Phi) is 4.20. The van der Waals surface area contributed by atoms with Crippen molar-refractivity contribution in [3.8, 4) is 0 Å². The maximum absolute atomic E-state index is 12.1. The average Bonchev–Trinajstić information content (AvgIpc) is 2.56. The van der Waals surface area contributed by atoms with Gasteiger partial charge in [-0.25, -0.2) is 0 Å². The van der Waals surface area contributed by atoms with E-state index in [9.17, 15) is 18.0 Å². The SMILES string of the molecule is CCn1cc(N)c(C(=O)NC(C)CC(F)(F)F)n1. The highest BCUT2D eigenvalue weighted by Gasteiger charge is 2.31. The van der Waals surface area contributed by atoms with Crippen LogP contribution in [0.25, 0.3) is 0 Å². The smallest absolute Gasteiger partial charge is 0.391 e. The lowest BCUT2D eigenvalue weighted by Gasteiger charge is -2.15. The Balaban J connectivity index is 2.67. The Morgan fingerprint density at radius 1 is 1.61 bits per heavy atom. The van der Waals surface area contributed by atoms with Gasteiger partial charge in [-0.15, -0.1) is 0 Å². The van der Waals surface area contributed by atoms with Gasteiger partial charge in [-0.05, 0) is 13.8 Å². The molecule has 1 heterocycles. The van der Waals surface area contributed by atoms with Gasteiger partial charge >= 0.3 is 6.18 Å². The molecular weight excluding hydrogens is 249 g/mol. The Bertz CT molecular complexity index is 427. The van der Waals surface area contributed by atoms with Gasteiger partial charge in [0, 0.05) is 18.8 Å². The average molecular weight is 264 g/mol. The number of rotatable bonds is 4. The van der Waals surface area contributed by atoms with Crippen LogP contribution in [-0.4, -0.2) is 27.9 Å². The van der Waals surface area contributed by atoms with Gasteiger partial charge in [0.25, 0.3) is 5.91 Å². The topological polar surface area (TPSA) is 72.9 Å². The van der Waals surface area contributed by atoms with Crippen LogP contribution in [-0.2, 0) is 6.54 Å². The van der Waals surface area contributed by atoms with Crippen LogP contribution in [0.1, 0.15) is 30.8 Å². The van der Waals surface area contributed by atoms with Crippen LogP contribution in [0.4, 0.5) is 18.9 Å². The number of nitrogens with two attached hydrogens (primary N) is 1. The summed E-state index contributed by atoms with van der Waals surface area (Å²) in [5.74, 6) is -0.698. The fourth-order valence-electron chi connectivity index (χ4n) is 1.47. The molecule has 5 nitrogen and oxygen atoms in total. The summed E-state index contributed by atoms with van der Waals surface area (Å²) in [6.07, 6.45) is -3.95. The summed E-state index contributed by atoms with van der Waals surface area (Å²) >= 11 is 0. The van der Waals surface area contributed by atoms with Crippen molar-refractivity contribution in [2.75, 3.05) is 5.73 Å². The number of nitrogen functional groups attached to an aromatic ring is 1. The van der Waals surface area contributed by atoms with Crippen LogP contribution < -0.4 is 11.1 Å². The van der Waals surface area contributed by atoms with Crippen molar-refractivity contribution < 1.29 is 18.0 Å². The van der Waals surface area contributed by atoms with E-state index in [0.29, 0.717) is 6.54 Å². The monoisotopic (exact) mass is 264 g/mol. The van der Waals surface area contributed by atoms with E-state index in [1.165, 1.54) is 17.8 Å². The first-order chi connectivity index (χ1) is 8.23. The second-order valence-electron chi connectivity index (χ2n) is 3.98. The molecule has 0 aliphatic rings. The van der Waals surface area contributed by atoms with Crippen LogP contribution in [0.15, 0.2) is 6.20 Å². The molecule has 0 aliphatic carbocycles. The Labute approximate surface area is 102 Å². The van der Waals surface area contributed by atoms with Crippen LogP contribution in [0.3, 0.4) is 0 Å². The van der Waals surface area contributed by atoms with E-state index in [-0.39, 0.29) is 11.4 Å². The molecule has 1 aromatic heterocycles. The molecule has 18 heavy (non-hydrogen) atoms. The van der Waals surface area contributed by atoms with E-state index in [1.807, 2.05) is 0 Å². The molecule has 1 unspecified atom stereocenters. The van der Waals surface area contributed by atoms with Gasteiger partial charge in [0.1, 0.15) is 0 Å². The molecule has 8 heteroatoms. The fraction of sp³-hybridized carbons (Fsp3) is 0.600. The second-order valence-corrected chi connectivity index (χ2v) is 3.98. The number of carbonyl (C=O) groups excluding carboxylic acids is 1. The summed E-state index contributed by atoms with van der Waals surface area (Å²) in [4.78, 5) is 11.7. The van der Waals surface area contributed by atoms with Crippen LogP contribution in [0.5, 0.6) is 0 Å². The van der Waals surface area contributed by atoms with Crippen molar-refractivity contribution in [1.82, 2.24) is 15.1 Å². The van der Waals surface area contributed by atoms with Crippen molar-refractivity contribution >= 4 is 11.6 Å². The molecule has 0 bridgehead atoms. The summed E-state index contributed by atoms with van der Waals surface area (Å²) in [7, 11) is 0. The van der Waals surface area contributed by atoms with Crippen molar-refractivity contribution in [1.29, 1.82) is 0 Å². The van der Waals surface area contributed by atoms with E-state index >= 15 is 0 Å². The number of hydrogen-bond acceptors (Lipinski definition) is 3. The molecule has 1 aromatic rings. The Morgan fingerprint density at radius 2 is 2.22 bits per heavy atom. The van der Waals surface area contributed by atoms with E-state index in [0.717, 1.165) is 0 Å². The highest BCUT2D eigenvalue weighted by molar-refractivity contribution is 5.97. The quantitative estimate of drug-likeness (QED) is 0.866. The molecule has 3 N–H and O–H groups in total. The molecule has 0 saturated carbocycles. The van der Waals surface area contributed by atoms with Gasteiger partial charge in [0.2, 0.25) is 0 Å². The van der Waals surface area contributed by atoms with Gasteiger partial charge < -0.3 is 11.1 Å². The third kappa shape index (κ3) is 3.94. The van der Waals surface area contributed by atoms with Gasteiger partial charge in [-0.2, -0.15) is 18.3 Å². The lowest BCUT2D eigenvalue weighted by molar-refractivity contribution is -0.138. The first-order valence-corrected chi connectivity index (χ1v) is 5.43. The second kappa shape index (κ2) is 5.28. The van der Waals surface area contributed by atoms with Crippen LogP contribution in [0, 0.1) is 0 Å². The highest BCUT2D eigenvalue weighted by atomic mass is 19.4. The number of nitrogens with one attached hydrogen (secondary N) is 1. The minimum Gasteiger partial charge on any atom is -0.396 e. The summed E-state index contributed by atoms with van der Waals surface area (Å²) in [5, 5.41) is 6.09. The predicted octanol–water partition coefficient (Wildman–Crippen LogP) is 1.56. The molecule has 0 saturated heterocycles. The lowest BCUT2D eigenvalue weighted by Crippen LogP contribution is -2.36. The maximum atomic E-state index is 12.1. The zero-order valence-electron chi connectivity index (χ0n) is 10.1. The molecule has 0 spiro atoms. The Morgan fingerprint density at radius 3 is 2.67 bits per heavy atom. The fourth-order valence-corrected chi connectivity index (χ4v) is 1.47. The van der Waals surface area contributed by atoms with Crippen molar-refractivity contribution in [2.45, 2.75) is 39.0 Å². The highest BCUT2D eigenvalue weighted by Crippen LogP contribution is 2.21. The van der Waals surface area contributed by atoms with Crippen LogP contribution >= 0.6 is 0 Å². The minimum absolute atomic E-state index is 0.0501. The molecule has 1 rings (SSSR count). The summed E-state index contributed by atoms with van der Waals surface area (Å²) in [5.41, 5.74) is 5.65. The molecule has 1 atom stereocenters. The predicted molar refractivity (Wildman–Crippen MR) is 59.9 cm³/mol. The van der Waals surface area contributed by atoms with Crippen LogP contribution in [0.2, 0.25) is 0 Å². The largest absolute Gasteiger partial charge is 0.396 e.